The summed E-state index contributed by atoms with van der Waals surface area (Å²) in [5.74, 6) is -3.33. The monoisotopic (exact) mass is 642 g/mol. The number of amides is 2. The van der Waals surface area contributed by atoms with Gasteiger partial charge in [0.1, 0.15) is 11.7 Å². The summed E-state index contributed by atoms with van der Waals surface area (Å²) in [4.78, 5) is 58.5. The molecule has 0 fully saturated rings. The number of aliphatic carboxylic acids is 2. The van der Waals surface area contributed by atoms with E-state index in [1.54, 1.807) is 12.2 Å². The molecule has 7 N–H and O–H groups in total. The van der Waals surface area contributed by atoms with E-state index in [1.807, 2.05) is 62.5 Å². The molecule has 12 nitrogen and oxygen atoms in total. The molecule has 2 unspecified atom stereocenters. The van der Waals surface area contributed by atoms with Crippen molar-refractivity contribution in [1.29, 1.82) is 0 Å². The zero-order valence-corrected chi connectivity index (χ0v) is 26.4. The molecule has 2 amide bonds. The number of rotatable bonds is 12. The summed E-state index contributed by atoms with van der Waals surface area (Å²) in [7, 11) is 0. The number of allylic oxidation sites excluding steroid dienone is 4. The quantitative estimate of drug-likeness (QED) is 0.147. The number of carboxylic acids is 2. The van der Waals surface area contributed by atoms with Crippen molar-refractivity contribution in [3.8, 4) is 0 Å². The Balaban J connectivity index is 1.24. The first kappa shape index (κ1) is 33.1. The van der Waals surface area contributed by atoms with Crippen LogP contribution in [-0.4, -0.2) is 45.8 Å². The second-order valence-corrected chi connectivity index (χ2v) is 12.7. The lowest BCUT2D eigenvalue weighted by Crippen LogP contribution is -2.82. The number of anilines is 1. The van der Waals surface area contributed by atoms with Crippen molar-refractivity contribution in [2.75, 3.05) is 5.32 Å². The Bertz CT molecular complexity index is 1770. The van der Waals surface area contributed by atoms with Gasteiger partial charge in [-0.3, -0.25) is 24.0 Å². The molecule has 2 aromatic carbocycles. The van der Waals surface area contributed by atoms with Crippen LogP contribution in [0.5, 0.6) is 0 Å². The van der Waals surface area contributed by atoms with Gasteiger partial charge in [-0.05, 0) is 47.0 Å². The molecule has 0 bridgehead atoms. The molecule has 3 aliphatic rings. The minimum atomic E-state index is -1.03. The summed E-state index contributed by atoms with van der Waals surface area (Å²) in [5.41, 5.74) is 5.99. The SMILES string of the molecule is CC1c2cc(CNC(=O)CCC(=O)O)ccc2[NH2+]C1C=C1C(=O)C(C=C2Nc3ccc(CNC(=O)CCC(=O)O)cc3C2(C)C)=C1[O-]. The van der Waals surface area contributed by atoms with Crippen molar-refractivity contribution in [3.05, 3.63) is 93.4 Å². The fourth-order valence-electron chi connectivity index (χ4n) is 6.09. The Morgan fingerprint density at radius 3 is 2.13 bits per heavy atom. The molecule has 0 saturated heterocycles. The lowest BCUT2D eigenvalue weighted by molar-refractivity contribution is -0.591. The van der Waals surface area contributed by atoms with Gasteiger partial charge in [-0.2, -0.15) is 0 Å². The van der Waals surface area contributed by atoms with Gasteiger partial charge in [-0.1, -0.05) is 44.7 Å². The van der Waals surface area contributed by atoms with E-state index < -0.39 is 17.4 Å². The number of carboxylic acid groups (broad SMARTS) is 2. The van der Waals surface area contributed by atoms with Crippen molar-refractivity contribution >= 4 is 40.9 Å². The molecule has 246 valence electrons. The summed E-state index contributed by atoms with van der Waals surface area (Å²) < 4.78 is 0. The normalized spacial score (nSPS) is 20.8. The Morgan fingerprint density at radius 1 is 0.936 bits per heavy atom. The second-order valence-electron chi connectivity index (χ2n) is 12.7. The van der Waals surface area contributed by atoms with E-state index in [1.165, 1.54) is 0 Å². The maximum absolute atomic E-state index is 13.2. The number of ketones is 1. The number of hydrogen-bond donors (Lipinski definition) is 6. The van der Waals surface area contributed by atoms with Crippen molar-refractivity contribution in [1.82, 2.24) is 10.6 Å². The predicted molar refractivity (Wildman–Crippen MR) is 169 cm³/mol. The zero-order chi connectivity index (χ0) is 34.0. The van der Waals surface area contributed by atoms with Crippen LogP contribution >= 0.6 is 0 Å². The van der Waals surface area contributed by atoms with Crippen LogP contribution in [0.2, 0.25) is 0 Å². The Morgan fingerprint density at radius 2 is 1.53 bits per heavy atom. The third kappa shape index (κ3) is 7.12. The molecule has 2 aromatic rings. The van der Waals surface area contributed by atoms with E-state index in [-0.39, 0.29) is 85.2 Å². The minimum absolute atomic E-state index is 0.00393. The smallest absolute Gasteiger partial charge is 0.303 e. The molecule has 1 aliphatic carbocycles. The molecular formula is C35H38N4O8. The van der Waals surface area contributed by atoms with Crippen molar-refractivity contribution in [2.45, 2.75) is 76.9 Å². The van der Waals surface area contributed by atoms with Gasteiger partial charge in [0.25, 0.3) is 0 Å². The number of fused-ring (bicyclic) bond motifs is 2. The third-order valence-electron chi connectivity index (χ3n) is 9.03. The highest BCUT2D eigenvalue weighted by Gasteiger charge is 2.38. The number of carbonyl (C=O) groups is 5. The first-order valence-electron chi connectivity index (χ1n) is 15.5. The topological polar surface area (TPSA) is 202 Å². The van der Waals surface area contributed by atoms with E-state index in [9.17, 15) is 29.1 Å². The van der Waals surface area contributed by atoms with Crippen molar-refractivity contribution in [2.24, 2.45) is 0 Å². The number of nitrogens with one attached hydrogen (secondary N) is 3. The average Bonchev–Trinajstić information content (AvgIpc) is 3.48. The van der Waals surface area contributed by atoms with Gasteiger partial charge in [0, 0.05) is 65.4 Å². The molecule has 47 heavy (non-hydrogen) atoms. The highest BCUT2D eigenvalue weighted by atomic mass is 16.4. The van der Waals surface area contributed by atoms with E-state index in [4.69, 9.17) is 10.2 Å². The molecule has 12 heteroatoms. The number of hydrogen-bond acceptors (Lipinski definition) is 7. The maximum atomic E-state index is 13.2. The number of carbonyl (C=O) groups excluding carboxylic acids is 3. The standard InChI is InChI=1S/C35H38N4O8/c1-18-21-12-19(16-36-29(40)8-10-31(42)43)4-6-25(21)38-27(18)14-22-33(46)23(34(22)47)15-28-35(2,3)24-13-20(5-7-26(24)39-28)17-37-30(41)9-11-32(44)45/h4-7,12-15,18,27,38-39,46H,8-11,16-17H2,1-3H3,(H,36,40)(H,37,41)(H,42,43)(H,44,45). The van der Waals surface area contributed by atoms with Gasteiger partial charge in [0.05, 0.1) is 12.8 Å². The highest BCUT2D eigenvalue weighted by molar-refractivity contribution is 6.20. The van der Waals surface area contributed by atoms with Gasteiger partial charge in [-0.15, -0.1) is 0 Å². The Labute approximate surface area is 271 Å². The number of benzene rings is 2. The fraction of sp³-hybridized carbons (Fsp3) is 0.343. The van der Waals surface area contributed by atoms with Crippen LogP contribution in [0.4, 0.5) is 11.4 Å². The zero-order valence-electron chi connectivity index (χ0n) is 26.4. The van der Waals surface area contributed by atoms with Crippen LogP contribution in [0.25, 0.3) is 0 Å². The van der Waals surface area contributed by atoms with Crippen LogP contribution < -0.4 is 26.4 Å². The largest absolute Gasteiger partial charge is 0.871 e. The van der Waals surface area contributed by atoms with E-state index in [2.05, 4.69) is 16.0 Å². The summed E-state index contributed by atoms with van der Waals surface area (Å²) in [5, 5.41) is 41.6. The summed E-state index contributed by atoms with van der Waals surface area (Å²) in [6, 6.07) is 11.4. The molecular weight excluding hydrogens is 604 g/mol. The van der Waals surface area contributed by atoms with Gasteiger partial charge in [0.15, 0.2) is 5.78 Å². The predicted octanol–water partition coefficient (Wildman–Crippen LogP) is 1.74. The van der Waals surface area contributed by atoms with Gasteiger partial charge in [0.2, 0.25) is 11.8 Å². The van der Waals surface area contributed by atoms with Gasteiger partial charge >= 0.3 is 11.9 Å². The van der Waals surface area contributed by atoms with E-state index in [0.29, 0.717) is 5.70 Å². The van der Waals surface area contributed by atoms with E-state index >= 15 is 0 Å². The minimum Gasteiger partial charge on any atom is -0.871 e. The molecule has 2 heterocycles. The van der Waals surface area contributed by atoms with Gasteiger partial charge < -0.3 is 36.6 Å². The van der Waals surface area contributed by atoms with Gasteiger partial charge in [-0.25, -0.2) is 0 Å². The third-order valence-corrected chi connectivity index (χ3v) is 9.03. The van der Waals surface area contributed by atoms with E-state index in [0.717, 1.165) is 33.6 Å². The van der Waals surface area contributed by atoms with Crippen LogP contribution in [0.3, 0.4) is 0 Å². The van der Waals surface area contributed by atoms with Crippen LogP contribution in [0, 0.1) is 0 Å². The molecule has 2 atom stereocenters. The number of Topliss-reactive ketones (excluding diaryl/α,β-unsaturated/α-hetero) is 1. The van der Waals surface area contributed by atoms with Crippen molar-refractivity contribution in [3.63, 3.8) is 0 Å². The number of quaternary nitrogens is 1. The van der Waals surface area contributed by atoms with Crippen LogP contribution in [0.1, 0.15) is 74.6 Å². The lowest BCUT2D eigenvalue weighted by atomic mass is 9.79. The van der Waals surface area contributed by atoms with Crippen molar-refractivity contribution < 1.29 is 44.6 Å². The lowest BCUT2D eigenvalue weighted by Gasteiger charge is -2.31. The first-order chi connectivity index (χ1) is 22.2. The molecule has 0 aromatic heterocycles. The average molecular weight is 643 g/mol. The molecule has 0 saturated carbocycles. The molecule has 0 radical (unpaired) electrons. The summed E-state index contributed by atoms with van der Waals surface area (Å²) in [6.45, 7) is 6.52. The molecule has 5 rings (SSSR count). The second kappa shape index (κ2) is 13.2. The Kier molecular flexibility index (Phi) is 9.34. The highest BCUT2D eigenvalue weighted by Crippen LogP contribution is 2.45. The molecule has 2 aliphatic heterocycles. The fourth-order valence-corrected chi connectivity index (χ4v) is 6.09. The van der Waals surface area contributed by atoms with Crippen LogP contribution in [0.15, 0.2) is 71.2 Å². The van der Waals surface area contributed by atoms with Crippen LogP contribution in [-0.2, 0) is 42.5 Å². The molecule has 0 spiro atoms. The summed E-state index contributed by atoms with van der Waals surface area (Å²) in [6.07, 6.45) is 2.73. The summed E-state index contributed by atoms with van der Waals surface area (Å²) >= 11 is 0. The maximum Gasteiger partial charge on any atom is 0.303 e. The first-order valence-corrected chi connectivity index (χ1v) is 15.5. The number of nitrogens with two attached hydrogens (primary N) is 1. The Hall–Kier alpha value is -5.23.